The molecule has 2 aliphatic heterocycles. The molecule has 1 aromatic rings. The molecule has 1 aromatic carbocycles. The summed E-state index contributed by atoms with van der Waals surface area (Å²) in [6.45, 7) is 6.39. The third-order valence-corrected chi connectivity index (χ3v) is 7.56. The number of hydrogen-bond acceptors (Lipinski definition) is 6. The fraction of sp³-hybridized carbons (Fsp3) is 0.594. The fourth-order valence-corrected chi connectivity index (χ4v) is 5.20. The molecule has 0 bridgehead atoms. The summed E-state index contributed by atoms with van der Waals surface area (Å²) in [5.41, 5.74) is 10.9. The Morgan fingerprint density at radius 2 is 1.73 bits per heavy atom. The molecule has 250 valence electrons. The van der Waals surface area contributed by atoms with E-state index in [2.05, 4.69) is 10.8 Å². The number of nitrogens with zero attached hydrogens (tertiary/aromatic N) is 2. The van der Waals surface area contributed by atoms with Gasteiger partial charge < -0.3 is 31.3 Å². The molecule has 13 heteroatoms. The maximum atomic E-state index is 13.1. The molecule has 3 atom stereocenters. The Hall–Kier alpha value is -4.16. The summed E-state index contributed by atoms with van der Waals surface area (Å²) >= 11 is 0. The number of ether oxygens (including phenoxy) is 1. The number of fused-ring (bicyclic) bond motifs is 1. The highest BCUT2D eigenvalue weighted by Gasteiger charge is 2.41. The second kappa shape index (κ2) is 17.4. The standard InChI is InChI=1S/C18H28N2O4.C9H8FNO2.C5H11NO2/c19-17(22)15-9-7-11-20(15)16(21)10-6-4-2-1-3-5-8-13-12-14(13)18(23)24;10-8-3-1-2-6-4-11(9(12)13)5-7(6)8;1-5(2,3)8-4(6)7/h5,8,13-15H,1-4,6-7,9-12H2,(H2,19,22)(H,23,24);1-3H,4-5H2,(H,12,13);1-3H3,(H2,6,7)/b8-5-;;. The van der Waals surface area contributed by atoms with Gasteiger partial charge in [-0.3, -0.25) is 19.3 Å². The molecule has 3 unspecified atom stereocenters. The van der Waals surface area contributed by atoms with Crippen LogP contribution in [-0.2, 0) is 32.2 Å². The number of unbranched alkanes of at least 4 members (excludes halogenated alkanes) is 4. The summed E-state index contributed by atoms with van der Waals surface area (Å²) in [6.07, 6.45) is 10.1. The molecule has 4 rings (SSSR count). The summed E-state index contributed by atoms with van der Waals surface area (Å²) in [5, 5.41) is 17.5. The first-order chi connectivity index (χ1) is 21.1. The number of halogens is 1. The fourth-order valence-electron chi connectivity index (χ4n) is 5.20. The molecule has 2 heterocycles. The van der Waals surface area contributed by atoms with Crippen molar-refractivity contribution in [1.82, 2.24) is 9.80 Å². The van der Waals surface area contributed by atoms with Crippen molar-refractivity contribution in [2.45, 2.75) is 103 Å². The van der Waals surface area contributed by atoms with Gasteiger partial charge in [-0.15, -0.1) is 0 Å². The number of carboxylic acids is 1. The first-order valence-corrected chi connectivity index (χ1v) is 15.3. The van der Waals surface area contributed by atoms with E-state index >= 15 is 0 Å². The minimum atomic E-state index is -1.00. The number of benzene rings is 1. The number of amides is 4. The topological polar surface area (TPSA) is 194 Å². The van der Waals surface area contributed by atoms with E-state index in [0.29, 0.717) is 31.5 Å². The van der Waals surface area contributed by atoms with Crippen molar-refractivity contribution in [2.24, 2.45) is 23.3 Å². The average molecular weight is 635 g/mol. The van der Waals surface area contributed by atoms with Gasteiger partial charge in [0, 0.05) is 25.1 Å². The van der Waals surface area contributed by atoms with Crippen LogP contribution in [0.4, 0.5) is 14.0 Å². The van der Waals surface area contributed by atoms with Crippen LogP contribution in [0, 0.1) is 17.7 Å². The minimum Gasteiger partial charge on any atom is -0.481 e. The lowest BCUT2D eigenvalue weighted by atomic mass is 10.1. The number of rotatable bonds is 10. The molecule has 3 aliphatic rings. The highest BCUT2D eigenvalue weighted by molar-refractivity contribution is 5.87. The normalized spacial score (nSPS) is 20.0. The Morgan fingerprint density at radius 3 is 2.27 bits per heavy atom. The van der Waals surface area contributed by atoms with Gasteiger partial charge in [-0.1, -0.05) is 37.1 Å². The summed E-state index contributed by atoms with van der Waals surface area (Å²) in [6, 6.07) is 4.30. The molecular weight excluding hydrogens is 587 g/mol. The third kappa shape index (κ3) is 13.2. The maximum Gasteiger partial charge on any atom is 0.407 e. The van der Waals surface area contributed by atoms with Crippen LogP contribution < -0.4 is 11.5 Å². The third-order valence-electron chi connectivity index (χ3n) is 7.56. The van der Waals surface area contributed by atoms with E-state index in [-0.39, 0.29) is 30.1 Å². The van der Waals surface area contributed by atoms with Gasteiger partial charge in [0.1, 0.15) is 17.5 Å². The van der Waals surface area contributed by atoms with Crippen LogP contribution in [0.1, 0.15) is 89.7 Å². The molecule has 2 fully saturated rings. The molecule has 1 aliphatic carbocycles. The summed E-state index contributed by atoms with van der Waals surface area (Å²) in [5.74, 6) is -1.29. The van der Waals surface area contributed by atoms with Crippen LogP contribution in [-0.4, -0.2) is 68.2 Å². The smallest absolute Gasteiger partial charge is 0.407 e. The second-order valence-corrected chi connectivity index (χ2v) is 12.4. The lowest BCUT2D eigenvalue weighted by Gasteiger charge is -2.22. The Balaban J connectivity index is 0.000000279. The molecule has 45 heavy (non-hydrogen) atoms. The number of primary amides is 2. The van der Waals surface area contributed by atoms with E-state index in [1.807, 2.05) is 6.08 Å². The predicted molar refractivity (Wildman–Crippen MR) is 164 cm³/mol. The van der Waals surface area contributed by atoms with Crippen molar-refractivity contribution in [3.8, 4) is 0 Å². The Labute approximate surface area is 263 Å². The van der Waals surface area contributed by atoms with Gasteiger partial charge in [-0.05, 0) is 76.8 Å². The van der Waals surface area contributed by atoms with Gasteiger partial charge in [-0.25, -0.2) is 14.0 Å². The zero-order valence-electron chi connectivity index (χ0n) is 26.4. The number of allylic oxidation sites excluding steroid dienone is 2. The van der Waals surface area contributed by atoms with E-state index in [9.17, 15) is 28.4 Å². The molecule has 6 N–H and O–H groups in total. The monoisotopic (exact) mass is 634 g/mol. The van der Waals surface area contributed by atoms with Crippen LogP contribution in [0.15, 0.2) is 30.4 Å². The zero-order valence-corrected chi connectivity index (χ0v) is 26.4. The van der Waals surface area contributed by atoms with Crippen molar-refractivity contribution >= 4 is 30.0 Å². The van der Waals surface area contributed by atoms with E-state index in [4.69, 9.17) is 21.7 Å². The Morgan fingerprint density at radius 1 is 1.04 bits per heavy atom. The minimum absolute atomic E-state index is 0.0460. The quantitative estimate of drug-likeness (QED) is 0.208. The molecule has 0 aromatic heterocycles. The number of carboxylic acid groups (broad SMARTS) is 2. The SMILES string of the molecule is CC(C)(C)OC(N)=O.NC(=O)C1CCCN1C(=O)CCCCCC/C=C\C1CC1C(=O)O.O=C(O)N1Cc2cccc(F)c2C1. The van der Waals surface area contributed by atoms with E-state index in [0.717, 1.165) is 50.5 Å². The van der Waals surface area contributed by atoms with Gasteiger partial charge in [0.15, 0.2) is 0 Å². The molecular formula is C32H47FN4O8. The summed E-state index contributed by atoms with van der Waals surface area (Å²) in [7, 11) is 0. The number of carbonyl (C=O) groups excluding carboxylic acids is 3. The van der Waals surface area contributed by atoms with Crippen molar-refractivity contribution in [3.63, 3.8) is 0 Å². The molecule has 1 saturated heterocycles. The maximum absolute atomic E-state index is 13.1. The van der Waals surface area contributed by atoms with Crippen molar-refractivity contribution in [3.05, 3.63) is 47.3 Å². The number of aliphatic carboxylic acids is 1. The highest BCUT2D eigenvalue weighted by Crippen LogP contribution is 2.39. The van der Waals surface area contributed by atoms with Gasteiger partial charge in [-0.2, -0.15) is 0 Å². The number of carbonyl (C=O) groups is 5. The first-order valence-electron chi connectivity index (χ1n) is 15.3. The Bertz CT molecular complexity index is 1230. The predicted octanol–water partition coefficient (Wildman–Crippen LogP) is 4.78. The lowest BCUT2D eigenvalue weighted by molar-refractivity contribution is -0.138. The molecule has 12 nitrogen and oxygen atoms in total. The van der Waals surface area contributed by atoms with E-state index in [1.165, 1.54) is 11.0 Å². The van der Waals surface area contributed by atoms with Crippen LogP contribution in [0.2, 0.25) is 0 Å². The second-order valence-electron chi connectivity index (χ2n) is 12.4. The highest BCUT2D eigenvalue weighted by atomic mass is 19.1. The van der Waals surface area contributed by atoms with Crippen LogP contribution in [0.25, 0.3) is 0 Å². The van der Waals surface area contributed by atoms with Gasteiger partial charge in [0.2, 0.25) is 11.8 Å². The number of nitrogens with two attached hydrogens (primary N) is 2. The molecule has 0 spiro atoms. The van der Waals surface area contributed by atoms with Gasteiger partial charge in [0.05, 0.1) is 12.5 Å². The van der Waals surface area contributed by atoms with Crippen LogP contribution in [0.5, 0.6) is 0 Å². The molecule has 1 saturated carbocycles. The van der Waals surface area contributed by atoms with Crippen molar-refractivity contribution in [2.75, 3.05) is 6.54 Å². The van der Waals surface area contributed by atoms with E-state index in [1.54, 1.807) is 37.8 Å². The van der Waals surface area contributed by atoms with Crippen molar-refractivity contribution < 1.29 is 43.3 Å². The first kappa shape index (κ1) is 37.0. The van der Waals surface area contributed by atoms with Gasteiger partial charge in [0.25, 0.3) is 0 Å². The largest absolute Gasteiger partial charge is 0.481 e. The summed E-state index contributed by atoms with van der Waals surface area (Å²) < 4.78 is 17.7. The lowest BCUT2D eigenvalue weighted by Crippen LogP contribution is -2.43. The average Bonchev–Trinajstić information content (AvgIpc) is 3.32. The van der Waals surface area contributed by atoms with Crippen molar-refractivity contribution in [1.29, 1.82) is 0 Å². The number of likely N-dealkylation sites (tertiary alicyclic amines) is 1. The van der Waals surface area contributed by atoms with Crippen LogP contribution >= 0.6 is 0 Å². The summed E-state index contributed by atoms with van der Waals surface area (Å²) in [4.78, 5) is 57.5. The molecule has 4 amide bonds. The Kier molecular flexibility index (Phi) is 14.3. The van der Waals surface area contributed by atoms with E-state index < -0.39 is 35.7 Å². The molecule has 0 radical (unpaired) electrons. The van der Waals surface area contributed by atoms with Crippen LogP contribution in [0.3, 0.4) is 0 Å². The zero-order chi connectivity index (χ0) is 33.7. The number of hydrogen-bond donors (Lipinski definition) is 4. The van der Waals surface area contributed by atoms with Gasteiger partial charge >= 0.3 is 18.2 Å².